The molecule has 0 bridgehead atoms. The summed E-state index contributed by atoms with van der Waals surface area (Å²) in [5.74, 6) is 0.246. The van der Waals surface area contributed by atoms with Crippen LogP contribution in [0.25, 0.3) is 11.3 Å². The summed E-state index contributed by atoms with van der Waals surface area (Å²) in [4.78, 5) is 28.3. The number of carbonyl (C=O) groups is 2. The summed E-state index contributed by atoms with van der Waals surface area (Å²) >= 11 is 18.1. The molecule has 2 amide bonds. The molecule has 0 saturated heterocycles. The lowest BCUT2D eigenvalue weighted by molar-refractivity contribution is -0.124. The third kappa shape index (κ3) is 5.75. The molecule has 6 nitrogen and oxygen atoms in total. The molecule has 0 fully saturated rings. The fourth-order valence-electron chi connectivity index (χ4n) is 2.66. The third-order valence-electron chi connectivity index (χ3n) is 4.30. The van der Waals surface area contributed by atoms with Gasteiger partial charge in [-0.15, -0.1) is 0 Å². The first kappa shape index (κ1) is 22.2. The zero-order valence-electron chi connectivity index (χ0n) is 16.0. The standard InChI is InChI=1S/C21H18Cl3N3O3/c1-12-15(23)3-2-4-17(12)27-20(29)11-25-19(28)7-8-21-26-10-18(30-21)14-6-5-13(22)9-16(14)24/h2-6,9-10H,7-8,11H2,1H3,(H,25,28)(H,27,29). The number of carbonyl (C=O) groups excluding carboxylic acids is 2. The summed E-state index contributed by atoms with van der Waals surface area (Å²) in [5.41, 5.74) is 2.03. The Labute approximate surface area is 188 Å². The maximum atomic E-state index is 12.0. The maximum absolute atomic E-state index is 12.0. The van der Waals surface area contributed by atoms with Crippen LogP contribution in [-0.4, -0.2) is 23.3 Å². The van der Waals surface area contributed by atoms with Crippen molar-refractivity contribution >= 4 is 52.3 Å². The highest BCUT2D eigenvalue weighted by molar-refractivity contribution is 6.36. The van der Waals surface area contributed by atoms with Crippen LogP contribution < -0.4 is 10.6 Å². The van der Waals surface area contributed by atoms with E-state index in [2.05, 4.69) is 15.6 Å². The molecule has 0 aliphatic carbocycles. The molecule has 3 aromatic rings. The number of amides is 2. The van der Waals surface area contributed by atoms with E-state index >= 15 is 0 Å². The number of nitrogens with zero attached hydrogens (tertiary/aromatic N) is 1. The van der Waals surface area contributed by atoms with Crippen LogP contribution >= 0.6 is 34.8 Å². The van der Waals surface area contributed by atoms with Crippen molar-refractivity contribution in [1.82, 2.24) is 10.3 Å². The van der Waals surface area contributed by atoms with Crippen molar-refractivity contribution in [3.8, 4) is 11.3 Å². The van der Waals surface area contributed by atoms with Gasteiger partial charge in [-0.3, -0.25) is 9.59 Å². The van der Waals surface area contributed by atoms with Gasteiger partial charge in [-0.2, -0.15) is 0 Å². The van der Waals surface area contributed by atoms with Crippen molar-refractivity contribution in [1.29, 1.82) is 0 Å². The molecular formula is C21H18Cl3N3O3. The van der Waals surface area contributed by atoms with Crippen molar-refractivity contribution in [2.24, 2.45) is 0 Å². The van der Waals surface area contributed by atoms with E-state index in [0.717, 1.165) is 5.56 Å². The number of nitrogens with one attached hydrogen (secondary N) is 2. The van der Waals surface area contributed by atoms with E-state index in [1.54, 1.807) is 49.5 Å². The van der Waals surface area contributed by atoms with Gasteiger partial charge in [0, 0.05) is 34.1 Å². The highest BCUT2D eigenvalue weighted by Crippen LogP contribution is 2.30. The van der Waals surface area contributed by atoms with Gasteiger partial charge in [0.2, 0.25) is 11.8 Å². The van der Waals surface area contributed by atoms with Gasteiger partial charge in [-0.05, 0) is 42.8 Å². The van der Waals surface area contributed by atoms with Crippen LogP contribution in [0.2, 0.25) is 15.1 Å². The van der Waals surface area contributed by atoms with Gasteiger partial charge in [-0.1, -0.05) is 40.9 Å². The smallest absolute Gasteiger partial charge is 0.243 e. The average molecular weight is 467 g/mol. The molecule has 2 aromatic carbocycles. The number of halogens is 3. The van der Waals surface area contributed by atoms with Gasteiger partial charge in [0.05, 0.1) is 17.8 Å². The van der Waals surface area contributed by atoms with Crippen molar-refractivity contribution in [3.63, 3.8) is 0 Å². The quantitative estimate of drug-likeness (QED) is 0.495. The second-order valence-corrected chi connectivity index (χ2v) is 7.73. The van der Waals surface area contributed by atoms with Crippen molar-refractivity contribution < 1.29 is 14.0 Å². The average Bonchev–Trinajstić information content (AvgIpc) is 3.17. The van der Waals surface area contributed by atoms with Crippen LogP contribution in [0.1, 0.15) is 17.9 Å². The first-order valence-corrected chi connectivity index (χ1v) is 10.2. The van der Waals surface area contributed by atoms with E-state index in [4.69, 9.17) is 39.2 Å². The molecule has 9 heteroatoms. The molecule has 156 valence electrons. The van der Waals surface area contributed by atoms with Gasteiger partial charge in [0.25, 0.3) is 0 Å². The summed E-state index contributed by atoms with van der Waals surface area (Å²) in [7, 11) is 0. The number of oxazole rings is 1. The molecule has 30 heavy (non-hydrogen) atoms. The minimum Gasteiger partial charge on any atom is -0.441 e. The molecule has 3 rings (SSSR count). The third-order valence-corrected chi connectivity index (χ3v) is 5.26. The summed E-state index contributed by atoms with van der Waals surface area (Å²) in [6.07, 6.45) is 1.95. The van der Waals surface area contributed by atoms with Crippen LogP contribution in [0.15, 0.2) is 47.0 Å². The van der Waals surface area contributed by atoms with Crippen LogP contribution in [0.3, 0.4) is 0 Å². The molecule has 0 unspecified atom stereocenters. The van der Waals surface area contributed by atoms with Crippen LogP contribution in [0.5, 0.6) is 0 Å². The molecular weight excluding hydrogens is 449 g/mol. The predicted octanol–water partition coefficient (Wildman–Crippen LogP) is 5.30. The zero-order valence-corrected chi connectivity index (χ0v) is 18.2. The fourth-order valence-corrected chi connectivity index (χ4v) is 3.34. The Bertz CT molecular complexity index is 1080. The molecule has 0 aliphatic rings. The summed E-state index contributed by atoms with van der Waals surface area (Å²) in [6, 6.07) is 10.3. The Balaban J connectivity index is 1.47. The van der Waals surface area contributed by atoms with Crippen molar-refractivity contribution in [2.45, 2.75) is 19.8 Å². The first-order valence-electron chi connectivity index (χ1n) is 9.05. The second kappa shape index (κ2) is 9.98. The van der Waals surface area contributed by atoms with E-state index in [1.807, 2.05) is 0 Å². The molecule has 1 heterocycles. The molecule has 1 aromatic heterocycles. The monoisotopic (exact) mass is 465 g/mol. The fraction of sp³-hybridized carbons (Fsp3) is 0.190. The Kier molecular flexibility index (Phi) is 7.37. The Morgan fingerprint density at radius 2 is 1.87 bits per heavy atom. The van der Waals surface area contributed by atoms with E-state index < -0.39 is 0 Å². The summed E-state index contributed by atoms with van der Waals surface area (Å²) in [5, 5.41) is 6.82. The van der Waals surface area contributed by atoms with Crippen LogP contribution in [-0.2, 0) is 16.0 Å². The van der Waals surface area contributed by atoms with Crippen LogP contribution in [0.4, 0.5) is 5.69 Å². The highest BCUT2D eigenvalue weighted by atomic mass is 35.5. The topological polar surface area (TPSA) is 84.2 Å². The van der Waals surface area contributed by atoms with Crippen LogP contribution in [0, 0.1) is 6.92 Å². The van der Waals surface area contributed by atoms with E-state index in [1.165, 1.54) is 0 Å². The van der Waals surface area contributed by atoms with Gasteiger partial charge in [0.1, 0.15) is 0 Å². The first-order chi connectivity index (χ1) is 14.3. The Morgan fingerprint density at radius 3 is 2.63 bits per heavy atom. The lowest BCUT2D eigenvalue weighted by Gasteiger charge is -2.10. The van der Waals surface area contributed by atoms with Gasteiger partial charge < -0.3 is 15.1 Å². The van der Waals surface area contributed by atoms with Gasteiger partial charge in [-0.25, -0.2) is 4.98 Å². The van der Waals surface area contributed by atoms with Crippen molar-refractivity contribution in [3.05, 3.63) is 69.1 Å². The molecule has 0 saturated carbocycles. The number of hydrogen-bond acceptors (Lipinski definition) is 4. The number of aryl methyl sites for hydroxylation is 1. The molecule has 0 spiro atoms. The number of hydrogen-bond donors (Lipinski definition) is 2. The number of rotatable bonds is 7. The second-order valence-electron chi connectivity index (χ2n) is 6.48. The largest absolute Gasteiger partial charge is 0.441 e. The Morgan fingerprint density at radius 1 is 1.07 bits per heavy atom. The number of anilines is 1. The number of aromatic nitrogens is 1. The number of benzene rings is 2. The SMILES string of the molecule is Cc1c(Cl)cccc1NC(=O)CNC(=O)CCc1ncc(-c2ccc(Cl)cc2Cl)o1. The molecule has 0 aliphatic heterocycles. The van der Waals surface area contributed by atoms with Crippen molar-refractivity contribution in [2.75, 3.05) is 11.9 Å². The summed E-state index contributed by atoms with van der Waals surface area (Å²) < 4.78 is 5.66. The predicted molar refractivity (Wildman–Crippen MR) is 118 cm³/mol. The van der Waals surface area contributed by atoms with Gasteiger partial charge >= 0.3 is 0 Å². The zero-order chi connectivity index (χ0) is 21.7. The molecule has 0 radical (unpaired) electrons. The molecule has 0 atom stereocenters. The lowest BCUT2D eigenvalue weighted by atomic mass is 10.2. The highest BCUT2D eigenvalue weighted by Gasteiger charge is 2.13. The van der Waals surface area contributed by atoms with E-state index in [-0.39, 0.29) is 31.2 Å². The lowest BCUT2D eigenvalue weighted by Crippen LogP contribution is -2.33. The minimum absolute atomic E-state index is 0.123. The summed E-state index contributed by atoms with van der Waals surface area (Å²) in [6.45, 7) is 1.65. The van der Waals surface area contributed by atoms with Gasteiger partial charge in [0.15, 0.2) is 11.7 Å². The van der Waals surface area contributed by atoms with E-state index in [9.17, 15) is 9.59 Å². The maximum Gasteiger partial charge on any atom is 0.243 e. The Hall–Kier alpha value is -2.54. The molecule has 2 N–H and O–H groups in total. The normalized spacial score (nSPS) is 10.7. The van der Waals surface area contributed by atoms with E-state index in [0.29, 0.717) is 38.0 Å². The minimum atomic E-state index is -0.343.